The average molecular weight is 235 g/mol. The van der Waals surface area contributed by atoms with E-state index in [1.54, 1.807) is 4.90 Å². The van der Waals surface area contributed by atoms with Crippen molar-refractivity contribution in [3.63, 3.8) is 0 Å². The van der Waals surface area contributed by atoms with E-state index in [0.29, 0.717) is 0 Å². The summed E-state index contributed by atoms with van der Waals surface area (Å²) < 4.78 is 0. The smallest absolute Gasteiger partial charge is 0.242 e. The van der Waals surface area contributed by atoms with Crippen molar-refractivity contribution in [2.75, 3.05) is 33.2 Å². The van der Waals surface area contributed by atoms with Gasteiger partial charge in [0.1, 0.15) is 5.41 Å². The highest BCUT2D eigenvalue weighted by atomic mass is 16.2. The lowest BCUT2D eigenvalue weighted by Gasteiger charge is -2.37. The summed E-state index contributed by atoms with van der Waals surface area (Å²) in [7, 11) is 1.83. The summed E-state index contributed by atoms with van der Waals surface area (Å²) in [6.07, 6.45) is 5.06. The van der Waals surface area contributed by atoms with Crippen LogP contribution in [0.25, 0.3) is 0 Å². The van der Waals surface area contributed by atoms with Gasteiger partial charge in [-0.15, -0.1) is 0 Å². The van der Waals surface area contributed by atoms with Crippen molar-refractivity contribution >= 4 is 5.91 Å². The molecule has 0 unspecified atom stereocenters. The van der Waals surface area contributed by atoms with Crippen molar-refractivity contribution < 1.29 is 4.79 Å². The lowest BCUT2D eigenvalue weighted by Crippen LogP contribution is -2.47. The van der Waals surface area contributed by atoms with Gasteiger partial charge >= 0.3 is 0 Å². The summed E-state index contributed by atoms with van der Waals surface area (Å²) in [4.78, 5) is 16.3. The Labute approximate surface area is 103 Å². The van der Waals surface area contributed by atoms with Crippen LogP contribution in [0.2, 0.25) is 0 Å². The topological polar surface area (TPSA) is 47.3 Å². The van der Waals surface area contributed by atoms with Crippen LogP contribution in [-0.2, 0) is 4.79 Å². The normalized spacial score (nSPS) is 22.8. The fourth-order valence-corrected chi connectivity index (χ4v) is 2.67. The molecule has 1 saturated carbocycles. The van der Waals surface area contributed by atoms with Gasteiger partial charge in [0.15, 0.2) is 0 Å². The molecule has 4 heteroatoms. The van der Waals surface area contributed by atoms with Gasteiger partial charge in [-0.1, -0.05) is 0 Å². The van der Waals surface area contributed by atoms with Gasteiger partial charge in [-0.3, -0.25) is 4.79 Å². The molecule has 0 N–H and O–H groups in total. The van der Waals surface area contributed by atoms with Crippen molar-refractivity contribution in [2.24, 2.45) is 5.41 Å². The Hall–Kier alpha value is -1.08. The molecule has 0 aromatic carbocycles. The van der Waals surface area contributed by atoms with Gasteiger partial charge < -0.3 is 9.80 Å². The van der Waals surface area contributed by atoms with Gasteiger partial charge in [0, 0.05) is 20.1 Å². The minimum atomic E-state index is -0.681. The molecular weight excluding hydrogens is 214 g/mol. The molecule has 2 fully saturated rings. The average Bonchev–Trinajstić information content (AvgIpc) is 2.77. The van der Waals surface area contributed by atoms with Gasteiger partial charge in [-0.05, 0) is 45.2 Å². The molecule has 4 nitrogen and oxygen atoms in total. The number of rotatable bonds is 4. The molecule has 94 valence electrons. The van der Waals surface area contributed by atoms with Gasteiger partial charge in [-0.2, -0.15) is 5.26 Å². The van der Waals surface area contributed by atoms with Crippen LogP contribution in [0.1, 0.15) is 32.1 Å². The first-order chi connectivity index (χ1) is 8.18. The number of hydrogen-bond acceptors (Lipinski definition) is 3. The third kappa shape index (κ3) is 2.44. The number of carbonyl (C=O) groups is 1. The predicted octanol–water partition coefficient (Wildman–Crippen LogP) is 1.23. The maximum absolute atomic E-state index is 12.2. The molecule has 17 heavy (non-hydrogen) atoms. The first kappa shape index (κ1) is 12.4. The Balaban J connectivity index is 1.80. The van der Waals surface area contributed by atoms with Crippen LogP contribution in [0.3, 0.4) is 0 Å². The molecule has 1 aliphatic carbocycles. The second-order valence-corrected chi connectivity index (χ2v) is 5.32. The van der Waals surface area contributed by atoms with Crippen LogP contribution < -0.4 is 0 Å². The van der Waals surface area contributed by atoms with E-state index in [1.165, 1.54) is 12.8 Å². The number of carbonyl (C=O) groups excluding carboxylic acids is 1. The van der Waals surface area contributed by atoms with Gasteiger partial charge in [-0.25, -0.2) is 0 Å². The first-order valence-electron chi connectivity index (χ1n) is 6.57. The van der Waals surface area contributed by atoms with Crippen LogP contribution in [0.4, 0.5) is 0 Å². The van der Waals surface area contributed by atoms with Crippen molar-refractivity contribution in [2.45, 2.75) is 32.1 Å². The number of nitrogens with zero attached hydrogens (tertiary/aromatic N) is 3. The van der Waals surface area contributed by atoms with E-state index >= 15 is 0 Å². The molecule has 0 aromatic rings. The largest absolute Gasteiger partial charge is 0.343 e. The highest BCUT2D eigenvalue weighted by Crippen LogP contribution is 2.41. The van der Waals surface area contributed by atoms with E-state index in [-0.39, 0.29) is 5.91 Å². The zero-order valence-corrected chi connectivity index (χ0v) is 10.6. The fourth-order valence-electron chi connectivity index (χ4n) is 2.67. The van der Waals surface area contributed by atoms with E-state index in [2.05, 4.69) is 11.0 Å². The quantitative estimate of drug-likeness (QED) is 0.736. The highest BCUT2D eigenvalue weighted by molar-refractivity contribution is 5.86. The summed E-state index contributed by atoms with van der Waals surface area (Å²) in [6.45, 7) is 4.02. The van der Waals surface area contributed by atoms with Crippen molar-refractivity contribution in [3.8, 4) is 6.07 Å². The third-order valence-corrected chi connectivity index (χ3v) is 4.13. The monoisotopic (exact) mass is 235 g/mol. The Morgan fingerprint density at radius 1 is 1.35 bits per heavy atom. The lowest BCUT2D eigenvalue weighted by atomic mass is 9.69. The Morgan fingerprint density at radius 3 is 2.47 bits per heavy atom. The molecule has 1 amide bonds. The van der Waals surface area contributed by atoms with Crippen LogP contribution in [0.5, 0.6) is 0 Å². The number of nitriles is 1. The molecule has 0 radical (unpaired) electrons. The molecule has 0 aromatic heterocycles. The first-order valence-corrected chi connectivity index (χ1v) is 6.57. The Bertz CT molecular complexity index is 324. The SMILES string of the molecule is CN(CCN1CCCC1)C(=O)C1(C#N)CCC1. The van der Waals surface area contributed by atoms with Crippen LogP contribution >= 0.6 is 0 Å². The molecule has 2 aliphatic rings. The number of amides is 1. The second-order valence-electron chi connectivity index (χ2n) is 5.32. The van der Waals surface area contributed by atoms with Gasteiger partial charge in [0.2, 0.25) is 5.91 Å². The van der Waals surface area contributed by atoms with E-state index in [0.717, 1.165) is 45.4 Å². The predicted molar refractivity (Wildman–Crippen MR) is 65.2 cm³/mol. The molecule has 1 saturated heterocycles. The summed E-state index contributed by atoms with van der Waals surface area (Å²) in [5, 5.41) is 9.13. The Morgan fingerprint density at radius 2 is 2.00 bits per heavy atom. The molecule has 1 heterocycles. The summed E-state index contributed by atoms with van der Waals surface area (Å²) in [6, 6.07) is 2.22. The van der Waals surface area contributed by atoms with Crippen LogP contribution in [0.15, 0.2) is 0 Å². The standard InChI is InChI=1S/C13H21N3O/c1-15(9-10-16-7-2-3-8-16)12(17)13(11-14)5-4-6-13/h2-10H2,1H3. The maximum atomic E-state index is 12.2. The Kier molecular flexibility index (Phi) is 3.68. The number of likely N-dealkylation sites (tertiary alicyclic amines) is 1. The lowest BCUT2D eigenvalue weighted by molar-refractivity contribution is -0.141. The summed E-state index contributed by atoms with van der Waals surface area (Å²) >= 11 is 0. The molecule has 1 aliphatic heterocycles. The minimum Gasteiger partial charge on any atom is -0.343 e. The van der Waals surface area contributed by atoms with Gasteiger partial charge in [0.05, 0.1) is 6.07 Å². The van der Waals surface area contributed by atoms with E-state index in [1.807, 2.05) is 7.05 Å². The molecule has 0 spiro atoms. The zero-order chi connectivity index (χ0) is 12.3. The highest BCUT2D eigenvalue weighted by Gasteiger charge is 2.46. The summed E-state index contributed by atoms with van der Waals surface area (Å²) in [5.74, 6) is 0.0328. The number of likely N-dealkylation sites (N-methyl/N-ethyl adjacent to an activating group) is 1. The van der Waals surface area contributed by atoms with Crippen molar-refractivity contribution in [3.05, 3.63) is 0 Å². The summed E-state index contributed by atoms with van der Waals surface area (Å²) in [5.41, 5.74) is -0.681. The second kappa shape index (κ2) is 5.05. The molecule has 0 bridgehead atoms. The van der Waals surface area contributed by atoms with Crippen LogP contribution in [-0.4, -0.2) is 48.9 Å². The van der Waals surface area contributed by atoms with Crippen LogP contribution in [0, 0.1) is 16.7 Å². The number of hydrogen-bond donors (Lipinski definition) is 0. The fraction of sp³-hybridized carbons (Fsp3) is 0.846. The van der Waals surface area contributed by atoms with E-state index in [4.69, 9.17) is 5.26 Å². The van der Waals surface area contributed by atoms with E-state index in [9.17, 15) is 4.79 Å². The minimum absolute atomic E-state index is 0.0328. The molecule has 0 atom stereocenters. The molecular formula is C13H21N3O. The zero-order valence-electron chi connectivity index (χ0n) is 10.6. The van der Waals surface area contributed by atoms with Crippen molar-refractivity contribution in [1.29, 1.82) is 5.26 Å². The van der Waals surface area contributed by atoms with Crippen molar-refractivity contribution in [1.82, 2.24) is 9.80 Å². The third-order valence-electron chi connectivity index (χ3n) is 4.13. The maximum Gasteiger partial charge on any atom is 0.242 e. The van der Waals surface area contributed by atoms with Gasteiger partial charge in [0.25, 0.3) is 0 Å². The molecule has 2 rings (SSSR count). The van der Waals surface area contributed by atoms with E-state index < -0.39 is 5.41 Å².